The number of amides is 3. The van der Waals surface area contributed by atoms with Gasteiger partial charge in [0.05, 0.1) is 18.4 Å². The molecular formula is C15H15N5O2S. The predicted molar refractivity (Wildman–Crippen MR) is 85.1 cm³/mol. The van der Waals surface area contributed by atoms with Crippen molar-refractivity contribution in [2.45, 2.75) is 18.5 Å². The summed E-state index contributed by atoms with van der Waals surface area (Å²) in [6.07, 6.45) is 2.28. The highest BCUT2D eigenvalue weighted by Gasteiger charge is 2.52. The molecular weight excluding hydrogens is 314 g/mol. The normalized spacial score (nSPS) is 23.7. The molecule has 2 aliphatic rings. The molecule has 0 radical (unpaired) electrons. The highest BCUT2D eigenvalue weighted by molar-refractivity contribution is 7.99. The number of carbonyl (C=O) groups excluding carboxylic acids is 2. The molecule has 2 fully saturated rings. The molecule has 1 N–H and O–H groups in total. The number of carbonyl (C=O) groups is 2. The van der Waals surface area contributed by atoms with Crippen LogP contribution in [-0.4, -0.2) is 48.9 Å². The number of para-hydroxylation sites is 1. The fraction of sp³-hybridized carbons (Fsp3) is 0.333. The van der Waals surface area contributed by atoms with Crippen LogP contribution in [0.3, 0.4) is 0 Å². The fourth-order valence-corrected chi connectivity index (χ4v) is 4.19. The molecule has 118 valence electrons. The molecule has 0 unspecified atom stereocenters. The zero-order valence-electron chi connectivity index (χ0n) is 12.3. The minimum Gasteiger partial charge on any atom is -0.322 e. The topological polar surface area (TPSA) is 80.1 Å². The van der Waals surface area contributed by atoms with Gasteiger partial charge in [-0.05, 0) is 24.3 Å². The van der Waals surface area contributed by atoms with E-state index in [0.29, 0.717) is 17.9 Å². The maximum Gasteiger partial charge on any atom is 0.325 e. The van der Waals surface area contributed by atoms with Crippen molar-refractivity contribution in [2.24, 2.45) is 0 Å². The minimum atomic E-state index is -0.711. The van der Waals surface area contributed by atoms with Crippen LogP contribution in [0.2, 0.25) is 0 Å². The van der Waals surface area contributed by atoms with Gasteiger partial charge < -0.3 is 5.32 Å². The summed E-state index contributed by atoms with van der Waals surface area (Å²) >= 11 is 1.69. The van der Waals surface area contributed by atoms with Crippen LogP contribution in [0, 0.1) is 0 Å². The average molecular weight is 329 g/mol. The van der Waals surface area contributed by atoms with Gasteiger partial charge in [-0.2, -0.15) is 26.8 Å². The molecule has 7 nitrogen and oxygen atoms in total. The van der Waals surface area contributed by atoms with Gasteiger partial charge in [0, 0.05) is 5.75 Å². The summed E-state index contributed by atoms with van der Waals surface area (Å²) in [6.45, 7) is 0.143. The Labute approximate surface area is 137 Å². The molecule has 2 aliphatic heterocycles. The second kappa shape index (κ2) is 5.38. The molecule has 4 rings (SSSR count). The molecule has 23 heavy (non-hydrogen) atoms. The van der Waals surface area contributed by atoms with Crippen LogP contribution in [0.15, 0.2) is 36.5 Å². The Kier molecular flexibility index (Phi) is 3.33. The fourth-order valence-electron chi connectivity index (χ4n) is 2.87. The predicted octanol–water partition coefficient (Wildman–Crippen LogP) is 1.19. The number of thioether (sulfide) groups is 1. The first kappa shape index (κ1) is 14.3. The van der Waals surface area contributed by atoms with Crippen LogP contribution in [0.25, 0.3) is 5.69 Å². The first-order valence-corrected chi connectivity index (χ1v) is 8.52. The monoisotopic (exact) mass is 329 g/mol. The second-order valence-electron chi connectivity index (χ2n) is 5.67. The molecule has 0 saturated carbocycles. The van der Waals surface area contributed by atoms with E-state index < -0.39 is 5.54 Å². The standard InChI is InChI=1S/C15H15N5O2S/c21-13-15(6-7-23-10-15)17-14(22)19(13)9-11-8-16-20(18-11)12-4-2-1-3-5-12/h1-5,8H,6-7,9-10H2,(H,17,22)/t15-/m1/s1. The molecule has 8 heteroatoms. The summed E-state index contributed by atoms with van der Waals surface area (Å²) in [5, 5.41) is 11.4. The van der Waals surface area contributed by atoms with E-state index in [9.17, 15) is 9.59 Å². The summed E-state index contributed by atoms with van der Waals surface area (Å²) in [5.74, 6) is 1.39. The lowest BCUT2D eigenvalue weighted by Gasteiger charge is -2.18. The maximum atomic E-state index is 12.6. The number of nitrogens with one attached hydrogen (secondary N) is 1. The van der Waals surface area contributed by atoms with E-state index >= 15 is 0 Å². The van der Waals surface area contributed by atoms with E-state index in [1.807, 2.05) is 30.3 Å². The number of hydrogen-bond donors (Lipinski definition) is 1. The lowest BCUT2D eigenvalue weighted by atomic mass is 9.99. The molecule has 0 aliphatic carbocycles. The van der Waals surface area contributed by atoms with Crippen molar-refractivity contribution in [3.63, 3.8) is 0 Å². The number of aromatic nitrogens is 3. The highest BCUT2D eigenvalue weighted by atomic mass is 32.2. The van der Waals surface area contributed by atoms with Crippen molar-refractivity contribution in [1.82, 2.24) is 25.2 Å². The van der Waals surface area contributed by atoms with Crippen LogP contribution in [0.4, 0.5) is 4.79 Å². The molecule has 3 amide bonds. The van der Waals surface area contributed by atoms with Gasteiger partial charge in [-0.1, -0.05) is 18.2 Å². The van der Waals surface area contributed by atoms with Crippen LogP contribution >= 0.6 is 11.8 Å². The maximum absolute atomic E-state index is 12.6. The van der Waals surface area contributed by atoms with Gasteiger partial charge in [0.15, 0.2) is 0 Å². The third-order valence-corrected chi connectivity index (χ3v) is 5.30. The second-order valence-corrected chi connectivity index (χ2v) is 6.77. The summed E-state index contributed by atoms with van der Waals surface area (Å²) < 4.78 is 0. The van der Waals surface area contributed by atoms with E-state index in [1.54, 1.807) is 18.0 Å². The first-order chi connectivity index (χ1) is 11.2. The number of hydrogen-bond acceptors (Lipinski definition) is 5. The number of urea groups is 1. The van der Waals surface area contributed by atoms with Crippen LogP contribution in [-0.2, 0) is 11.3 Å². The molecule has 1 spiro atoms. The number of imide groups is 1. The number of rotatable bonds is 3. The smallest absolute Gasteiger partial charge is 0.322 e. The summed E-state index contributed by atoms with van der Waals surface area (Å²) in [5.41, 5.74) is 0.705. The Morgan fingerprint density at radius 2 is 2.09 bits per heavy atom. The summed E-state index contributed by atoms with van der Waals surface area (Å²) in [4.78, 5) is 27.5. The Morgan fingerprint density at radius 1 is 1.26 bits per heavy atom. The van der Waals surface area contributed by atoms with Crippen molar-refractivity contribution in [3.05, 3.63) is 42.2 Å². The van der Waals surface area contributed by atoms with E-state index in [2.05, 4.69) is 15.5 Å². The lowest BCUT2D eigenvalue weighted by molar-refractivity contribution is -0.130. The first-order valence-electron chi connectivity index (χ1n) is 7.36. The van der Waals surface area contributed by atoms with Gasteiger partial charge in [0.2, 0.25) is 0 Å². The van der Waals surface area contributed by atoms with Crippen LogP contribution in [0.1, 0.15) is 12.1 Å². The molecule has 1 aromatic heterocycles. The van der Waals surface area contributed by atoms with E-state index in [4.69, 9.17) is 0 Å². The van der Waals surface area contributed by atoms with E-state index in [1.165, 1.54) is 9.70 Å². The third kappa shape index (κ3) is 2.39. The van der Waals surface area contributed by atoms with Gasteiger partial charge in [-0.15, -0.1) is 0 Å². The Morgan fingerprint density at radius 3 is 2.83 bits per heavy atom. The van der Waals surface area contributed by atoms with Gasteiger partial charge >= 0.3 is 6.03 Å². The van der Waals surface area contributed by atoms with Gasteiger partial charge in [-0.3, -0.25) is 9.69 Å². The van der Waals surface area contributed by atoms with Gasteiger partial charge in [0.25, 0.3) is 5.91 Å². The zero-order valence-corrected chi connectivity index (χ0v) is 13.1. The SMILES string of the molecule is O=C1N[C@@]2(CCSC2)C(=O)N1Cc1cnn(-c2ccccc2)n1. The van der Waals surface area contributed by atoms with Gasteiger partial charge in [0.1, 0.15) is 11.2 Å². The van der Waals surface area contributed by atoms with Crippen molar-refractivity contribution in [3.8, 4) is 5.69 Å². The lowest BCUT2D eigenvalue weighted by Crippen LogP contribution is -2.46. The number of nitrogens with zero attached hydrogens (tertiary/aromatic N) is 4. The van der Waals surface area contributed by atoms with Crippen molar-refractivity contribution in [1.29, 1.82) is 0 Å². The minimum absolute atomic E-state index is 0.143. The molecule has 1 atom stereocenters. The molecule has 0 bridgehead atoms. The van der Waals surface area contributed by atoms with Crippen LogP contribution < -0.4 is 5.32 Å². The third-order valence-electron chi connectivity index (χ3n) is 4.11. The molecule has 3 heterocycles. The highest BCUT2D eigenvalue weighted by Crippen LogP contribution is 2.33. The van der Waals surface area contributed by atoms with Crippen molar-refractivity contribution in [2.75, 3.05) is 11.5 Å². The molecule has 2 saturated heterocycles. The summed E-state index contributed by atoms with van der Waals surface area (Å²) in [6, 6.07) is 9.16. The molecule has 1 aromatic carbocycles. The van der Waals surface area contributed by atoms with Crippen molar-refractivity contribution < 1.29 is 9.59 Å². The quantitative estimate of drug-likeness (QED) is 0.856. The van der Waals surface area contributed by atoms with E-state index in [0.717, 1.165) is 11.4 Å². The van der Waals surface area contributed by atoms with Gasteiger partial charge in [-0.25, -0.2) is 4.79 Å². The number of benzene rings is 1. The van der Waals surface area contributed by atoms with E-state index in [-0.39, 0.29) is 18.5 Å². The largest absolute Gasteiger partial charge is 0.325 e. The zero-order chi connectivity index (χ0) is 15.9. The average Bonchev–Trinajstić information content (AvgIpc) is 3.27. The van der Waals surface area contributed by atoms with Crippen LogP contribution in [0.5, 0.6) is 0 Å². The molecule has 2 aromatic rings. The van der Waals surface area contributed by atoms with Crippen molar-refractivity contribution >= 4 is 23.7 Å². The summed E-state index contributed by atoms with van der Waals surface area (Å²) in [7, 11) is 0. The Bertz CT molecular complexity index is 754. The Balaban J connectivity index is 1.54. The Hall–Kier alpha value is -2.35.